The molecule has 54 heavy (non-hydrogen) atoms. The number of fused-ring (bicyclic) bond motifs is 13. The maximum absolute atomic E-state index is 6.82. The molecule has 0 saturated heterocycles. The molecule has 10 aromatic carbocycles. The smallest absolute Gasteiger partial charge is 0.143 e. The second-order valence-corrected chi connectivity index (χ2v) is 15.1. The van der Waals surface area contributed by atoms with Crippen molar-refractivity contribution in [1.82, 2.24) is 0 Å². The quantitative estimate of drug-likeness (QED) is 0.165. The average Bonchev–Trinajstić information content (AvgIpc) is 3.86. The zero-order valence-electron chi connectivity index (χ0n) is 29.2. The van der Waals surface area contributed by atoms with E-state index in [1.54, 1.807) is 0 Å². The van der Waals surface area contributed by atoms with Crippen LogP contribution in [0.4, 0.5) is 0 Å². The third kappa shape index (κ3) is 3.45. The minimum absolute atomic E-state index is 0.382. The lowest BCUT2D eigenvalue weighted by molar-refractivity contribution is 0.670. The molecule has 0 aliphatic heterocycles. The molecule has 2 aliphatic carbocycles. The molecular weight excluding hydrogens is 653 g/mol. The van der Waals surface area contributed by atoms with Crippen LogP contribution in [0.15, 0.2) is 186 Å². The molecule has 1 heterocycles. The second-order valence-electron chi connectivity index (χ2n) is 15.1. The number of para-hydroxylation sites is 1. The zero-order chi connectivity index (χ0) is 35.1. The van der Waals surface area contributed by atoms with E-state index >= 15 is 0 Å². The van der Waals surface area contributed by atoms with Crippen molar-refractivity contribution in [3.63, 3.8) is 0 Å². The highest BCUT2D eigenvalue weighted by Crippen LogP contribution is 2.63. The molecule has 13 rings (SSSR count). The standard InChI is InChI=1S/C53H30O/c1-4-16-45-38(11-1)39-12-2-5-17-46(39)53(45)47-18-6-3-13-40(47)41-26-23-35(30-48(41)53)37-14-8-15-43-44-29-34(24-28-49(44)54-52(37)43)36-25-21-33-20-19-31-9-7-10-32-22-27-42(36)51(33)50(31)32/h1-30H. The second kappa shape index (κ2) is 10.1. The van der Waals surface area contributed by atoms with Crippen LogP contribution in [0, 0.1) is 0 Å². The first-order valence-corrected chi connectivity index (χ1v) is 18.8. The third-order valence-corrected chi connectivity index (χ3v) is 12.6. The van der Waals surface area contributed by atoms with Crippen molar-refractivity contribution in [1.29, 1.82) is 0 Å². The molecule has 0 amide bonds. The lowest BCUT2D eigenvalue weighted by Gasteiger charge is -2.30. The summed E-state index contributed by atoms with van der Waals surface area (Å²) >= 11 is 0. The van der Waals surface area contributed by atoms with Crippen molar-refractivity contribution in [2.24, 2.45) is 0 Å². The summed E-state index contributed by atoms with van der Waals surface area (Å²) < 4.78 is 6.82. The van der Waals surface area contributed by atoms with Gasteiger partial charge in [0.15, 0.2) is 0 Å². The number of hydrogen-bond acceptors (Lipinski definition) is 1. The molecule has 0 N–H and O–H groups in total. The summed E-state index contributed by atoms with van der Waals surface area (Å²) in [7, 11) is 0. The van der Waals surface area contributed by atoms with Gasteiger partial charge >= 0.3 is 0 Å². The van der Waals surface area contributed by atoms with Crippen molar-refractivity contribution >= 4 is 54.3 Å². The highest BCUT2D eigenvalue weighted by atomic mass is 16.3. The van der Waals surface area contributed by atoms with Gasteiger partial charge in [0.2, 0.25) is 0 Å². The molecule has 248 valence electrons. The van der Waals surface area contributed by atoms with Crippen LogP contribution >= 0.6 is 0 Å². The van der Waals surface area contributed by atoms with Gasteiger partial charge in [-0.2, -0.15) is 0 Å². The summed E-state index contributed by atoms with van der Waals surface area (Å²) in [5, 5.41) is 10.1. The van der Waals surface area contributed by atoms with Crippen LogP contribution in [0.2, 0.25) is 0 Å². The van der Waals surface area contributed by atoms with Gasteiger partial charge in [0.1, 0.15) is 11.2 Å². The van der Waals surface area contributed by atoms with Crippen LogP contribution in [-0.4, -0.2) is 0 Å². The highest BCUT2D eigenvalue weighted by molar-refractivity contribution is 6.25. The average molecular weight is 683 g/mol. The normalized spacial score (nSPS) is 13.7. The predicted molar refractivity (Wildman–Crippen MR) is 225 cm³/mol. The topological polar surface area (TPSA) is 13.1 Å². The molecule has 1 aromatic heterocycles. The van der Waals surface area contributed by atoms with Gasteiger partial charge in [-0.05, 0) is 112 Å². The van der Waals surface area contributed by atoms with Gasteiger partial charge in [-0.1, -0.05) is 164 Å². The summed E-state index contributed by atoms with van der Waals surface area (Å²) in [6.07, 6.45) is 0. The fraction of sp³-hybridized carbons (Fsp3) is 0.0189. The maximum atomic E-state index is 6.82. The summed E-state index contributed by atoms with van der Waals surface area (Å²) in [6, 6.07) is 67.7. The Kier molecular flexibility index (Phi) is 5.36. The molecule has 1 spiro atoms. The van der Waals surface area contributed by atoms with Gasteiger partial charge in [0.25, 0.3) is 0 Å². The number of benzene rings is 10. The minimum atomic E-state index is -0.382. The van der Waals surface area contributed by atoms with Gasteiger partial charge in [0.05, 0.1) is 5.41 Å². The van der Waals surface area contributed by atoms with E-state index in [2.05, 4.69) is 182 Å². The minimum Gasteiger partial charge on any atom is -0.455 e. The van der Waals surface area contributed by atoms with Crippen LogP contribution < -0.4 is 0 Å². The van der Waals surface area contributed by atoms with E-state index in [1.165, 1.54) is 93.5 Å². The van der Waals surface area contributed by atoms with Crippen molar-refractivity contribution < 1.29 is 4.42 Å². The molecule has 0 saturated carbocycles. The zero-order valence-corrected chi connectivity index (χ0v) is 29.2. The van der Waals surface area contributed by atoms with Crippen LogP contribution in [0.5, 0.6) is 0 Å². The Morgan fingerprint density at radius 2 is 0.852 bits per heavy atom. The predicted octanol–water partition coefficient (Wildman–Crippen LogP) is 14.2. The lowest BCUT2D eigenvalue weighted by atomic mass is 9.70. The van der Waals surface area contributed by atoms with Crippen molar-refractivity contribution in [3.05, 3.63) is 204 Å². The SMILES string of the molecule is c1ccc2c(c1)-c1ccccc1C21c2ccccc2-c2ccc(-c3cccc4c3oc3ccc(-c5ccc6ccc7cccc8ccc5c6c78)cc34)cc21. The van der Waals surface area contributed by atoms with Crippen LogP contribution in [0.25, 0.3) is 98.8 Å². The summed E-state index contributed by atoms with van der Waals surface area (Å²) in [5.74, 6) is 0. The van der Waals surface area contributed by atoms with Gasteiger partial charge in [0, 0.05) is 16.3 Å². The van der Waals surface area contributed by atoms with E-state index in [-0.39, 0.29) is 5.41 Å². The highest BCUT2D eigenvalue weighted by Gasteiger charge is 2.51. The van der Waals surface area contributed by atoms with Gasteiger partial charge in [-0.3, -0.25) is 0 Å². The Balaban J connectivity index is 1.01. The maximum Gasteiger partial charge on any atom is 0.143 e. The number of furan rings is 1. The first-order valence-electron chi connectivity index (χ1n) is 18.8. The molecule has 0 radical (unpaired) electrons. The molecule has 2 aliphatic rings. The molecule has 0 fully saturated rings. The molecule has 0 unspecified atom stereocenters. The van der Waals surface area contributed by atoms with E-state index in [1.807, 2.05) is 0 Å². The molecule has 0 bridgehead atoms. The molecule has 11 aromatic rings. The summed E-state index contributed by atoms with van der Waals surface area (Å²) in [5.41, 5.74) is 16.8. The Morgan fingerprint density at radius 1 is 0.315 bits per heavy atom. The van der Waals surface area contributed by atoms with Gasteiger partial charge < -0.3 is 4.42 Å². The fourth-order valence-electron chi connectivity index (χ4n) is 10.4. The lowest BCUT2D eigenvalue weighted by Crippen LogP contribution is -2.25. The largest absolute Gasteiger partial charge is 0.455 e. The molecule has 1 heteroatoms. The van der Waals surface area contributed by atoms with E-state index in [9.17, 15) is 0 Å². The van der Waals surface area contributed by atoms with Crippen LogP contribution in [-0.2, 0) is 5.41 Å². The third-order valence-electron chi connectivity index (χ3n) is 12.6. The first-order chi connectivity index (χ1) is 26.8. The van der Waals surface area contributed by atoms with E-state index < -0.39 is 0 Å². The van der Waals surface area contributed by atoms with Crippen molar-refractivity contribution in [2.45, 2.75) is 5.41 Å². The fourth-order valence-corrected chi connectivity index (χ4v) is 10.4. The monoisotopic (exact) mass is 682 g/mol. The number of rotatable bonds is 2. The van der Waals surface area contributed by atoms with Crippen LogP contribution in [0.1, 0.15) is 22.3 Å². The molecule has 1 nitrogen and oxygen atoms in total. The van der Waals surface area contributed by atoms with Gasteiger partial charge in [-0.15, -0.1) is 0 Å². The number of hydrogen-bond donors (Lipinski definition) is 0. The van der Waals surface area contributed by atoms with E-state index in [4.69, 9.17) is 4.42 Å². The summed E-state index contributed by atoms with van der Waals surface area (Å²) in [6.45, 7) is 0. The Morgan fingerprint density at radius 3 is 1.57 bits per heavy atom. The Hall–Kier alpha value is -6.96. The Bertz CT molecular complexity index is 3320. The van der Waals surface area contributed by atoms with E-state index in [0.717, 1.165) is 27.5 Å². The van der Waals surface area contributed by atoms with E-state index in [0.29, 0.717) is 0 Å². The molecule has 0 atom stereocenters. The summed E-state index contributed by atoms with van der Waals surface area (Å²) in [4.78, 5) is 0. The van der Waals surface area contributed by atoms with Crippen LogP contribution in [0.3, 0.4) is 0 Å². The Labute approximate surface area is 311 Å². The van der Waals surface area contributed by atoms with Crippen molar-refractivity contribution in [3.8, 4) is 44.5 Å². The van der Waals surface area contributed by atoms with Gasteiger partial charge in [-0.25, -0.2) is 0 Å². The van der Waals surface area contributed by atoms with Crippen molar-refractivity contribution in [2.75, 3.05) is 0 Å². The first kappa shape index (κ1) is 28.6. The molecular formula is C53H30O.